The lowest BCUT2D eigenvalue weighted by Crippen LogP contribution is -2.32. The first-order valence-electron chi connectivity index (χ1n) is 7.86. The van der Waals surface area contributed by atoms with Crippen LogP contribution in [0, 0.1) is 0 Å². The van der Waals surface area contributed by atoms with Crippen LogP contribution in [-0.4, -0.2) is 33.5 Å². The van der Waals surface area contributed by atoms with Gasteiger partial charge in [-0.2, -0.15) is 0 Å². The average Bonchev–Trinajstić information content (AvgIpc) is 2.54. The molecule has 0 saturated heterocycles. The second-order valence-electron chi connectivity index (χ2n) is 6.67. The summed E-state index contributed by atoms with van der Waals surface area (Å²) >= 11 is 0. The smallest absolute Gasteiger partial charge is 0.341 e. The van der Waals surface area contributed by atoms with Crippen LogP contribution in [-0.2, 0) is 16.1 Å². The van der Waals surface area contributed by atoms with Crippen LogP contribution < -0.4 is 5.56 Å². The summed E-state index contributed by atoms with van der Waals surface area (Å²) in [5.74, 6) is -2.09. The standard InChI is InChI=1S/C19H19NO6/c1-19(2,3)26-16(22)10-20-9-13(8-15(17(20)23)18(24)25)14-7-5-4-6-12(14)11-21/h4-9,11H,10H2,1-3H3,(H,24,25). The highest BCUT2D eigenvalue weighted by Gasteiger charge is 2.20. The van der Waals surface area contributed by atoms with Gasteiger partial charge in [0.25, 0.3) is 5.56 Å². The number of pyridine rings is 1. The minimum atomic E-state index is -1.42. The van der Waals surface area contributed by atoms with Gasteiger partial charge >= 0.3 is 11.9 Å². The first kappa shape index (κ1) is 19.1. The number of carbonyl (C=O) groups excluding carboxylic acids is 2. The molecule has 1 N–H and O–H groups in total. The maximum absolute atomic E-state index is 12.4. The fourth-order valence-electron chi connectivity index (χ4n) is 2.43. The molecule has 0 amide bonds. The summed E-state index contributed by atoms with van der Waals surface area (Å²) in [6, 6.07) is 7.76. The molecule has 1 heterocycles. The van der Waals surface area contributed by atoms with Crippen molar-refractivity contribution in [3.8, 4) is 11.1 Å². The van der Waals surface area contributed by atoms with E-state index in [1.54, 1.807) is 45.0 Å². The number of aromatic nitrogens is 1. The number of nitrogens with zero attached hydrogens (tertiary/aromatic N) is 1. The zero-order valence-electron chi connectivity index (χ0n) is 14.7. The predicted octanol–water partition coefficient (Wildman–Crippen LogP) is 2.37. The van der Waals surface area contributed by atoms with Crippen molar-refractivity contribution in [3.05, 3.63) is 58.0 Å². The third-order valence-corrected chi connectivity index (χ3v) is 3.43. The maximum Gasteiger partial charge on any atom is 0.341 e. The highest BCUT2D eigenvalue weighted by Crippen LogP contribution is 2.22. The molecule has 7 nitrogen and oxygen atoms in total. The van der Waals surface area contributed by atoms with Gasteiger partial charge in [0, 0.05) is 11.8 Å². The Kier molecular flexibility index (Phi) is 5.40. The number of rotatable bonds is 5. The first-order chi connectivity index (χ1) is 12.1. The van der Waals surface area contributed by atoms with Gasteiger partial charge in [-0.15, -0.1) is 0 Å². The molecule has 0 saturated carbocycles. The Hall–Kier alpha value is -3.22. The van der Waals surface area contributed by atoms with E-state index in [9.17, 15) is 24.3 Å². The average molecular weight is 357 g/mol. The fourth-order valence-corrected chi connectivity index (χ4v) is 2.43. The zero-order valence-corrected chi connectivity index (χ0v) is 14.7. The van der Waals surface area contributed by atoms with E-state index >= 15 is 0 Å². The van der Waals surface area contributed by atoms with Gasteiger partial charge in [0.1, 0.15) is 17.7 Å². The largest absolute Gasteiger partial charge is 0.477 e. The molecule has 0 aliphatic rings. The molecule has 26 heavy (non-hydrogen) atoms. The molecule has 0 fully saturated rings. The molecule has 0 spiro atoms. The van der Waals surface area contributed by atoms with Crippen molar-refractivity contribution >= 4 is 18.2 Å². The second-order valence-corrected chi connectivity index (χ2v) is 6.67. The van der Waals surface area contributed by atoms with Gasteiger partial charge in [0.15, 0.2) is 6.29 Å². The normalized spacial score (nSPS) is 11.0. The first-order valence-corrected chi connectivity index (χ1v) is 7.86. The minimum Gasteiger partial charge on any atom is -0.477 e. The monoisotopic (exact) mass is 357 g/mol. The molecule has 0 unspecified atom stereocenters. The van der Waals surface area contributed by atoms with Gasteiger partial charge in [-0.3, -0.25) is 14.4 Å². The summed E-state index contributed by atoms with van der Waals surface area (Å²) < 4.78 is 6.17. The molecule has 2 rings (SSSR count). The van der Waals surface area contributed by atoms with Crippen molar-refractivity contribution in [1.29, 1.82) is 0 Å². The lowest BCUT2D eigenvalue weighted by molar-refractivity contribution is -0.155. The minimum absolute atomic E-state index is 0.339. The number of benzene rings is 1. The van der Waals surface area contributed by atoms with E-state index in [4.69, 9.17) is 4.74 Å². The lowest BCUT2D eigenvalue weighted by atomic mass is 10.0. The Morgan fingerprint density at radius 3 is 2.46 bits per heavy atom. The van der Waals surface area contributed by atoms with Crippen LogP contribution in [0.3, 0.4) is 0 Å². The van der Waals surface area contributed by atoms with E-state index in [2.05, 4.69) is 0 Å². The Bertz CT molecular complexity index is 920. The molecule has 0 atom stereocenters. The second kappa shape index (κ2) is 7.35. The number of hydrogen-bond donors (Lipinski definition) is 1. The topological polar surface area (TPSA) is 103 Å². The summed E-state index contributed by atoms with van der Waals surface area (Å²) in [5.41, 5.74) is -0.914. The van der Waals surface area contributed by atoms with Crippen LogP contribution in [0.5, 0.6) is 0 Å². The van der Waals surface area contributed by atoms with E-state index in [-0.39, 0.29) is 0 Å². The number of esters is 1. The number of ether oxygens (including phenoxy) is 1. The van der Waals surface area contributed by atoms with Gasteiger partial charge in [-0.1, -0.05) is 24.3 Å². The van der Waals surface area contributed by atoms with Gasteiger partial charge in [0.05, 0.1) is 0 Å². The van der Waals surface area contributed by atoms with Crippen LogP contribution in [0.15, 0.2) is 41.3 Å². The Morgan fingerprint density at radius 1 is 1.23 bits per heavy atom. The highest BCUT2D eigenvalue weighted by atomic mass is 16.6. The fraction of sp³-hybridized carbons (Fsp3) is 0.263. The van der Waals surface area contributed by atoms with Crippen molar-refractivity contribution in [1.82, 2.24) is 4.57 Å². The summed E-state index contributed by atoms with van der Waals surface area (Å²) in [5, 5.41) is 9.31. The van der Waals surface area contributed by atoms with Crippen LogP contribution in [0.1, 0.15) is 41.5 Å². The SMILES string of the molecule is CC(C)(C)OC(=O)Cn1cc(-c2ccccc2C=O)cc(C(=O)O)c1=O. The van der Waals surface area contributed by atoms with Gasteiger partial charge in [0.2, 0.25) is 0 Å². The maximum atomic E-state index is 12.4. The molecule has 0 radical (unpaired) electrons. The highest BCUT2D eigenvalue weighted by molar-refractivity contribution is 5.92. The van der Waals surface area contributed by atoms with Crippen LogP contribution in [0.4, 0.5) is 0 Å². The zero-order chi connectivity index (χ0) is 19.5. The number of aromatic carboxylic acids is 1. The van der Waals surface area contributed by atoms with E-state index < -0.39 is 35.2 Å². The molecule has 0 bridgehead atoms. The number of carboxylic acids is 1. The quantitative estimate of drug-likeness (QED) is 0.651. The Balaban J connectivity index is 2.57. The molecule has 2 aromatic rings. The van der Waals surface area contributed by atoms with Gasteiger partial charge < -0.3 is 14.4 Å². The summed E-state index contributed by atoms with van der Waals surface area (Å²) in [6.07, 6.45) is 1.99. The van der Waals surface area contributed by atoms with Crippen molar-refractivity contribution in [2.24, 2.45) is 0 Å². The van der Waals surface area contributed by atoms with Gasteiger partial charge in [-0.25, -0.2) is 4.79 Å². The number of hydrogen-bond acceptors (Lipinski definition) is 5. The molecule has 7 heteroatoms. The third-order valence-electron chi connectivity index (χ3n) is 3.43. The van der Waals surface area contributed by atoms with Crippen molar-refractivity contribution in [2.75, 3.05) is 0 Å². The predicted molar refractivity (Wildman–Crippen MR) is 94.3 cm³/mol. The molecular formula is C19H19NO6. The number of aldehydes is 1. The number of carbonyl (C=O) groups is 3. The Morgan fingerprint density at radius 2 is 1.88 bits per heavy atom. The van der Waals surface area contributed by atoms with Gasteiger partial charge in [-0.05, 0) is 38.0 Å². The molecule has 0 aliphatic heterocycles. The third kappa shape index (κ3) is 4.44. The Labute approximate surface area is 149 Å². The van der Waals surface area contributed by atoms with Crippen LogP contribution in [0.25, 0.3) is 11.1 Å². The van der Waals surface area contributed by atoms with E-state index in [0.717, 1.165) is 4.57 Å². The summed E-state index contributed by atoms with van der Waals surface area (Å²) in [4.78, 5) is 47.1. The van der Waals surface area contributed by atoms with E-state index in [0.29, 0.717) is 23.0 Å². The molecular weight excluding hydrogens is 338 g/mol. The lowest BCUT2D eigenvalue weighted by Gasteiger charge is -2.20. The van der Waals surface area contributed by atoms with E-state index in [1.165, 1.54) is 12.3 Å². The molecule has 136 valence electrons. The summed E-state index contributed by atoms with van der Waals surface area (Å²) in [6.45, 7) is 4.63. The van der Waals surface area contributed by atoms with E-state index in [1.807, 2.05) is 0 Å². The number of carboxylic acid groups (broad SMARTS) is 1. The van der Waals surface area contributed by atoms with Crippen molar-refractivity contribution < 1.29 is 24.2 Å². The van der Waals surface area contributed by atoms with Crippen molar-refractivity contribution in [2.45, 2.75) is 32.9 Å². The molecule has 1 aromatic carbocycles. The molecule has 0 aliphatic carbocycles. The molecule has 1 aromatic heterocycles. The van der Waals surface area contributed by atoms with Crippen LogP contribution >= 0.6 is 0 Å². The van der Waals surface area contributed by atoms with Crippen LogP contribution in [0.2, 0.25) is 0 Å². The van der Waals surface area contributed by atoms with Crippen molar-refractivity contribution in [3.63, 3.8) is 0 Å². The summed E-state index contributed by atoms with van der Waals surface area (Å²) in [7, 11) is 0.